The normalized spacial score (nSPS) is 33.4. The van der Waals surface area contributed by atoms with Crippen LogP contribution in [-0.2, 0) is 151 Å². The zero-order valence-corrected chi connectivity index (χ0v) is 93.2. The molecule has 0 saturated carbocycles. The van der Waals surface area contributed by atoms with Gasteiger partial charge in [0.2, 0.25) is 0 Å². The van der Waals surface area contributed by atoms with Crippen LogP contribution in [0.1, 0.15) is 209 Å². The summed E-state index contributed by atoms with van der Waals surface area (Å²) in [6, 6.07) is 16.2. The number of amides is 1. The van der Waals surface area contributed by atoms with E-state index in [9.17, 15) is 38.4 Å². The van der Waals surface area contributed by atoms with E-state index < -0.39 is 270 Å². The first-order chi connectivity index (χ1) is 64.7. The van der Waals surface area contributed by atoms with Gasteiger partial charge in [-0.05, 0) is 126 Å². The van der Waals surface area contributed by atoms with E-state index in [1.165, 1.54) is 53.3 Å². The number of benzene rings is 2. The van der Waals surface area contributed by atoms with Crippen molar-refractivity contribution in [3.8, 4) is 11.1 Å². The summed E-state index contributed by atoms with van der Waals surface area (Å²) in [4.78, 5) is 113. The molecular weight excluding hydrogens is 1890 g/mol. The number of carbonyl (C=O) groups is 8. The summed E-state index contributed by atoms with van der Waals surface area (Å²) in [6.07, 6.45) is -36.8. The highest BCUT2D eigenvalue weighted by Gasteiger charge is 2.64. The Morgan fingerprint density at radius 2 is 0.626 bits per heavy atom. The van der Waals surface area contributed by atoms with Crippen molar-refractivity contribution in [1.29, 1.82) is 0 Å². The second kappa shape index (κ2) is 48.0. The van der Waals surface area contributed by atoms with Crippen molar-refractivity contribution in [2.45, 2.75) is 431 Å². The maximum Gasteiger partial charge on any atom is 0.407 e. The number of alkyl carbamates (subject to hydrolysis) is 1. The van der Waals surface area contributed by atoms with Crippen molar-refractivity contribution in [3.05, 3.63) is 59.7 Å². The number of hydrogen-bond donors (Lipinski definition) is 1. The van der Waals surface area contributed by atoms with Gasteiger partial charge >= 0.3 is 47.9 Å². The van der Waals surface area contributed by atoms with Gasteiger partial charge in [-0.1, -0.05) is 173 Å². The molecule has 2 aromatic rings. The molecule has 22 aliphatic heterocycles. The predicted molar refractivity (Wildman–Crippen MR) is 525 cm³/mol. The fourth-order valence-electron chi connectivity index (χ4n) is 17.9. The molecular formula is C100H163NO33SSi4. The maximum atomic E-state index is 14.4. The van der Waals surface area contributed by atoms with Crippen LogP contribution in [-0.4, -0.2) is 299 Å². The average Bonchev–Trinajstić information content (AvgIpc) is 1.59. The van der Waals surface area contributed by atoms with Gasteiger partial charge < -0.3 is 122 Å². The SMILES string of the molecule is CC[C@H]1O[C@@H]2O[C@H]3[C@H](OC(C)=O)[C@@H](OC(C)=O)[C@@H](O[C@H]4[C@H](OC(C)=O)[C@@H](C)[C@@H](O[C@H]5[C@H](C)[C@@H](C)[C@@H](O[C@H]6[C@H](C)[C@@H](OC(C)=O)[C@@H](O[C@H]7[C@H](OC(C)=O)[C@@H](OC(C)=O)[C@@H](O[C@H]1[C@H](OC(C)=O)[C@H]2OCCCSCCNC(=O)OCC1c2ccccc2-c2ccccc21)O[C@@H]7CO[Si](C)(C)C(C)(C)C)O[C@@H]6CO[Si](C)(C)C(C)(C)C)O[C@@H]5CO[Si](C)(C)C(C)(C)C)O[C@@H]4CO[Si](C)(C)C(C)(C)C)O[C@@H]3CC. The molecule has 0 spiro atoms. The van der Waals surface area contributed by atoms with Gasteiger partial charge in [0.25, 0.3) is 0 Å². The fourth-order valence-corrected chi connectivity index (χ4v) is 22.7. The molecule has 25 rings (SSSR count). The minimum Gasteiger partial charge on any atom is -0.459 e. The summed E-state index contributed by atoms with van der Waals surface area (Å²) in [6.45, 7) is 61.2. The molecule has 22 fully saturated rings. The molecule has 22 saturated heterocycles. The molecule has 1 amide bonds. The van der Waals surface area contributed by atoms with E-state index in [1.807, 2.05) is 58.1 Å². The van der Waals surface area contributed by atoms with Gasteiger partial charge in [-0.3, -0.25) is 33.6 Å². The van der Waals surface area contributed by atoms with Gasteiger partial charge in [0, 0.05) is 91.0 Å². The Kier molecular flexibility index (Phi) is 39.9. The monoisotopic (exact) mass is 2050 g/mol. The second-order valence-corrected chi connectivity index (χ2v) is 64.9. The van der Waals surface area contributed by atoms with Crippen LogP contribution in [0.5, 0.6) is 0 Å². The van der Waals surface area contributed by atoms with Crippen molar-refractivity contribution in [2.24, 2.45) is 23.7 Å². The number of esters is 7. The summed E-state index contributed by atoms with van der Waals surface area (Å²) < 4.78 is 175. The Morgan fingerprint density at radius 1 is 0.331 bits per heavy atom. The molecule has 139 heavy (non-hydrogen) atoms. The van der Waals surface area contributed by atoms with Crippen molar-refractivity contribution in [2.75, 3.05) is 57.7 Å². The Bertz CT molecular complexity index is 4380. The third kappa shape index (κ3) is 28.7. The van der Waals surface area contributed by atoms with Gasteiger partial charge in [-0.2, -0.15) is 11.8 Å². The molecule has 23 aliphatic rings. The van der Waals surface area contributed by atoms with Crippen LogP contribution >= 0.6 is 11.8 Å². The number of hydrogen-bond acceptors (Lipinski definition) is 34. The van der Waals surface area contributed by atoms with Gasteiger partial charge in [0.1, 0.15) is 67.6 Å². The standard InChI is InChI=1S/C100H163NO33SSi4/c1-34-70-80-84(118-60(9)104)87(110-46-40-47-135-48-45-101-96(109)111-49-69-67-43-38-36-41-65(67)66-42-37-39-44-68(66)69)93(123-70)131-81-71(35-2)124-94(88(121-63(12)107)85(81)119-61(10)105)133-82-74(52-114-138(30,31)99(20,21)22)126-91(57(6)78(82)116-58(7)102)129-76-54(3)55(4)90(125-72(76)50-112-136(26,27)97(14,15)16)130-77-56(5)79(117-59(8)103)92(127-73(77)51-113-137(28,29)98(17,18)19)134-83-75(53-115-139(32,33)100(23,24)25)128-95(132-80)89(122-64(13)108)86(83)120-62(11)106/h36-39,41-44,54-57,69-95H,34-35,40,45-53H2,1-33H3,(H,101,109)/t54-,55-,56+,57-,70-,71-,72-,73-,74-,75-,76+,77+,78-,79-,80-,81-,82-,83-,84+,85+,86+,87-,88-,89-,90-,91-,92-,93-,94-,95-/m1/s1. The molecule has 30 atom stereocenters. The van der Waals surface area contributed by atoms with Crippen LogP contribution < -0.4 is 5.32 Å². The average molecular weight is 2050 g/mol. The van der Waals surface area contributed by atoms with Crippen molar-refractivity contribution >= 4 is 92.9 Å². The first-order valence-corrected chi connectivity index (χ1v) is 62.4. The minimum atomic E-state index is -2.87. The van der Waals surface area contributed by atoms with Gasteiger partial charge in [0.05, 0.1) is 50.8 Å². The Labute approximate surface area is 831 Å². The highest BCUT2D eigenvalue weighted by Crippen LogP contribution is 2.51. The molecule has 34 nitrogen and oxygen atoms in total. The number of rotatable bonds is 31. The lowest BCUT2D eigenvalue weighted by Gasteiger charge is -2.53. The van der Waals surface area contributed by atoms with Crippen molar-refractivity contribution in [1.82, 2.24) is 5.32 Å². The summed E-state index contributed by atoms with van der Waals surface area (Å²) in [5, 5.41) is 1.48. The molecule has 1 N–H and O–H groups in total. The van der Waals surface area contributed by atoms with Gasteiger partial charge in [-0.25, -0.2) is 4.79 Å². The first kappa shape index (κ1) is 115. The topological polar surface area (TPSA) is 379 Å². The maximum absolute atomic E-state index is 14.4. The molecule has 0 radical (unpaired) electrons. The lowest BCUT2D eigenvalue weighted by molar-refractivity contribution is -0.398. The zero-order valence-electron chi connectivity index (χ0n) is 88.4. The van der Waals surface area contributed by atoms with Crippen molar-refractivity contribution in [3.63, 3.8) is 0 Å². The predicted octanol–water partition coefficient (Wildman–Crippen LogP) is 15.7. The van der Waals surface area contributed by atoms with E-state index in [-0.39, 0.29) is 80.1 Å². The first-order valence-electron chi connectivity index (χ1n) is 49.6. The van der Waals surface area contributed by atoms with Crippen molar-refractivity contribution < 1.29 is 156 Å². The van der Waals surface area contributed by atoms with E-state index >= 15 is 0 Å². The van der Waals surface area contributed by atoms with E-state index in [0.717, 1.165) is 29.2 Å². The van der Waals surface area contributed by atoms with Crippen LogP contribution in [0.3, 0.4) is 0 Å². The minimum absolute atomic E-state index is 0.00385. The number of carbonyl (C=O) groups excluding carboxylic acids is 8. The number of thioether (sulfide) groups is 1. The van der Waals surface area contributed by atoms with E-state index in [2.05, 4.69) is 152 Å². The molecule has 1 aliphatic carbocycles. The second-order valence-electron chi connectivity index (χ2n) is 44.5. The molecule has 12 bridgehead atoms. The van der Waals surface area contributed by atoms with Crippen LogP contribution in [0.25, 0.3) is 11.1 Å². The smallest absolute Gasteiger partial charge is 0.407 e. The summed E-state index contributed by atoms with van der Waals surface area (Å²) in [5.41, 5.74) is 4.36. The Balaban J connectivity index is 1.13. The Hall–Kier alpha value is -5.46. The van der Waals surface area contributed by atoms with Crippen LogP contribution in [0.2, 0.25) is 72.5 Å². The third-order valence-corrected chi connectivity index (χ3v) is 49.2. The van der Waals surface area contributed by atoms with Gasteiger partial charge in [-0.15, -0.1) is 0 Å². The highest BCUT2D eigenvalue weighted by atomic mass is 32.2. The quantitative estimate of drug-likeness (QED) is 0.0317. The van der Waals surface area contributed by atoms with E-state index in [1.54, 1.807) is 20.8 Å². The van der Waals surface area contributed by atoms with E-state index in [0.29, 0.717) is 17.9 Å². The highest BCUT2D eigenvalue weighted by molar-refractivity contribution is 7.99. The third-order valence-electron chi connectivity index (χ3n) is 30.1. The fraction of sp³-hybridized carbons (Fsp3) is 0.800. The molecule has 0 aromatic heterocycles. The molecule has 788 valence electrons. The zero-order chi connectivity index (χ0) is 103. The van der Waals surface area contributed by atoms with Crippen LogP contribution in [0.15, 0.2) is 48.5 Å². The number of fused-ring (bicyclic) bond motifs is 3. The Morgan fingerprint density at radius 3 is 1.01 bits per heavy atom. The lowest BCUT2D eigenvalue weighted by Crippen LogP contribution is -2.69. The van der Waals surface area contributed by atoms with Crippen LogP contribution in [0.4, 0.5) is 4.79 Å². The summed E-state index contributed by atoms with van der Waals surface area (Å²) in [5.74, 6) is -7.79. The van der Waals surface area contributed by atoms with Gasteiger partial charge in [0.15, 0.2) is 108 Å². The number of nitrogens with one attached hydrogen (secondary N) is 1. The summed E-state index contributed by atoms with van der Waals surface area (Å²) >= 11 is 1.51. The molecule has 39 heteroatoms. The summed E-state index contributed by atoms with van der Waals surface area (Å²) in [7, 11) is -11.0. The number of ether oxygens (including phenoxy) is 21. The van der Waals surface area contributed by atoms with E-state index in [4.69, 9.17) is 117 Å². The molecule has 2 aromatic carbocycles. The largest absolute Gasteiger partial charge is 0.459 e. The molecule has 22 heterocycles. The lowest BCUT2D eigenvalue weighted by atomic mass is 9.83. The molecule has 0 unspecified atom stereocenters. The van der Waals surface area contributed by atoms with Crippen LogP contribution in [0, 0.1) is 23.7 Å².